The van der Waals surface area contributed by atoms with Crippen molar-refractivity contribution < 1.29 is 0 Å². The van der Waals surface area contributed by atoms with Gasteiger partial charge in [-0.2, -0.15) is 0 Å². The first-order valence-electron chi connectivity index (χ1n) is 6.84. The molecule has 1 N–H and O–H groups in total. The normalized spacial score (nSPS) is 14.9. The van der Waals surface area contributed by atoms with Gasteiger partial charge in [-0.25, -0.2) is 0 Å². The van der Waals surface area contributed by atoms with E-state index in [0.717, 1.165) is 24.8 Å². The van der Waals surface area contributed by atoms with Gasteiger partial charge in [-0.05, 0) is 37.3 Å². The zero-order valence-electron chi connectivity index (χ0n) is 12.0. The summed E-state index contributed by atoms with van der Waals surface area (Å²) in [5.41, 5.74) is 2.74. The molecule has 17 heavy (non-hydrogen) atoms. The molecule has 0 aliphatic carbocycles. The van der Waals surface area contributed by atoms with E-state index in [4.69, 9.17) is 0 Å². The van der Waals surface area contributed by atoms with Crippen LogP contribution in [0, 0.1) is 18.8 Å². The third kappa shape index (κ3) is 4.51. The van der Waals surface area contributed by atoms with Gasteiger partial charge < -0.3 is 5.32 Å². The number of rotatable bonds is 6. The largest absolute Gasteiger partial charge is 0.310 e. The van der Waals surface area contributed by atoms with Gasteiger partial charge in [0.25, 0.3) is 0 Å². The zero-order valence-corrected chi connectivity index (χ0v) is 12.0. The number of hydrogen-bond donors (Lipinski definition) is 1. The Morgan fingerprint density at radius 1 is 1.06 bits per heavy atom. The smallest absolute Gasteiger partial charge is 0.0317 e. The van der Waals surface area contributed by atoms with Gasteiger partial charge in [-0.15, -0.1) is 0 Å². The molecular formula is C16H27N. The summed E-state index contributed by atoms with van der Waals surface area (Å²) in [5.74, 6) is 1.48. The Labute approximate surface area is 107 Å². The number of benzene rings is 1. The molecule has 0 spiro atoms. The highest BCUT2D eigenvalue weighted by Crippen LogP contribution is 2.18. The molecule has 0 fully saturated rings. The van der Waals surface area contributed by atoms with Crippen LogP contribution in [0.3, 0.4) is 0 Å². The van der Waals surface area contributed by atoms with Crippen LogP contribution in [0.15, 0.2) is 24.3 Å². The van der Waals surface area contributed by atoms with Crippen molar-refractivity contribution in [3.63, 3.8) is 0 Å². The van der Waals surface area contributed by atoms with Gasteiger partial charge in [0.15, 0.2) is 0 Å². The van der Waals surface area contributed by atoms with Crippen molar-refractivity contribution in [2.75, 3.05) is 6.54 Å². The van der Waals surface area contributed by atoms with Gasteiger partial charge in [0.2, 0.25) is 0 Å². The maximum atomic E-state index is 3.69. The molecule has 1 heteroatoms. The summed E-state index contributed by atoms with van der Waals surface area (Å²) in [5, 5.41) is 3.69. The van der Waals surface area contributed by atoms with E-state index in [1.54, 1.807) is 0 Å². The SMILES string of the molecule is CCC(NCC(C)C(C)C)c1ccc(C)cc1. The molecule has 1 aromatic carbocycles. The molecule has 2 atom stereocenters. The van der Waals surface area contributed by atoms with E-state index in [1.807, 2.05) is 0 Å². The molecule has 2 unspecified atom stereocenters. The average Bonchev–Trinajstić information content (AvgIpc) is 2.31. The van der Waals surface area contributed by atoms with Gasteiger partial charge in [0.1, 0.15) is 0 Å². The van der Waals surface area contributed by atoms with Gasteiger partial charge in [0, 0.05) is 6.04 Å². The Hall–Kier alpha value is -0.820. The van der Waals surface area contributed by atoms with Gasteiger partial charge in [-0.3, -0.25) is 0 Å². The zero-order chi connectivity index (χ0) is 12.8. The average molecular weight is 233 g/mol. The molecule has 0 heterocycles. The quantitative estimate of drug-likeness (QED) is 0.771. The maximum absolute atomic E-state index is 3.69. The highest BCUT2D eigenvalue weighted by molar-refractivity contribution is 5.24. The highest BCUT2D eigenvalue weighted by Gasteiger charge is 2.12. The first-order valence-corrected chi connectivity index (χ1v) is 6.84. The van der Waals surface area contributed by atoms with E-state index in [-0.39, 0.29) is 0 Å². The van der Waals surface area contributed by atoms with E-state index >= 15 is 0 Å². The van der Waals surface area contributed by atoms with E-state index in [2.05, 4.69) is 64.2 Å². The molecule has 1 aromatic rings. The van der Waals surface area contributed by atoms with E-state index in [1.165, 1.54) is 11.1 Å². The first kappa shape index (κ1) is 14.2. The number of aryl methyl sites for hydroxylation is 1. The van der Waals surface area contributed by atoms with Crippen molar-refractivity contribution in [1.29, 1.82) is 0 Å². The Morgan fingerprint density at radius 2 is 1.65 bits per heavy atom. The van der Waals surface area contributed by atoms with Crippen LogP contribution in [-0.4, -0.2) is 6.54 Å². The van der Waals surface area contributed by atoms with Crippen LogP contribution in [0.25, 0.3) is 0 Å². The molecular weight excluding hydrogens is 206 g/mol. The van der Waals surface area contributed by atoms with Crippen molar-refractivity contribution in [2.24, 2.45) is 11.8 Å². The number of nitrogens with one attached hydrogen (secondary N) is 1. The summed E-state index contributed by atoms with van der Waals surface area (Å²) in [6.45, 7) is 12.4. The summed E-state index contributed by atoms with van der Waals surface area (Å²) in [6.07, 6.45) is 1.15. The molecule has 0 aliphatic rings. The van der Waals surface area contributed by atoms with Crippen LogP contribution >= 0.6 is 0 Å². The topological polar surface area (TPSA) is 12.0 Å². The Morgan fingerprint density at radius 3 is 2.12 bits per heavy atom. The summed E-state index contributed by atoms with van der Waals surface area (Å²) >= 11 is 0. The standard InChI is InChI=1S/C16H27N/c1-6-16(17-11-14(5)12(2)3)15-9-7-13(4)8-10-15/h7-10,12,14,16-17H,6,11H2,1-5H3. The predicted molar refractivity (Wildman–Crippen MR) is 76.2 cm³/mol. The van der Waals surface area contributed by atoms with Crippen LogP contribution in [0.4, 0.5) is 0 Å². The fourth-order valence-corrected chi connectivity index (χ4v) is 1.86. The molecule has 0 saturated carbocycles. The van der Waals surface area contributed by atoms with Crippen molar-refractivity contribution in [3.05, 3.63) is 35.4 Å². The Bertz CT molecular complexity index is 313. The Balaban J connectivity index is 2.57. The van der Waals surface area contributed by atoms with Crippen LogP contribution in [0.1, 0.15) is 51.3 Å². The van der Waals surface area contributed by atoms with Crippen LogP contribution in [0.5, 0.6) is 0 Å². The molecule has 0 radical (unpaired) electrons. The molecule has 1 nitrogen and oxygen atoms in total. The lowest BCUT2D eigenvalue weighted by Crippen LogP contribution is -2.28. The monoisotopic (exact) mass is 233 g/mol. The summed E-state index contributed by atoms with van der Waals surface area (Å²) < 4.78 is 0. The molecule has 1 rings (SSSR count). The predicted octanol–water partition coefficient (Wildman–Crippen LogP) is 4.33. The fourth-order valence-electron chi connectivity index (χ4n) is 1.86. The van der Waals surface area contributed by atoms with E-state index in [0.29, 0.717) is 6.04 Å². The summed E-state index contributed by atoms with van der Waals surface area (Å²) in [6, 6.07) is 9.39. The lowest BCUT2D eigenvalue weighted by Gasteiger charge is -2.22. The minimum atomic E-state index is 0.497. The fraction of sp³-hybridized carbons (Fsp3) is 0.625. The lowest BCUT2D eigenvalue weighted by atomic mass is 9.96. The molecule has 96 valence electrons. The molecule has 0 amide bonds. The van der Waals surface area contributed by atoms with Crippen molar-refractivity contribution in [1.82, 2.24) is 5.32 Å². The van der Waals surface area contributed by atoms with Crippen LogP contribution < -0.4 is 5.32 Å². The van der Waals surface area contributed by atoms with Gasteiger partial charge in [-0.1, -0.05) is 57.5 Å². The third-order valence-electron chi connectivity index (χ3n) is 3.71. The second-order valence-electron chi connectivity index (χ2n) is 5.50. The van der Waals surface area contributed by atoms with E-state index in [9.17, 15) is 0 Å². The van der Waals surface area contributed by atoms with Gasteiger partial charge in [0.05, 0.1) is 0 Å². The minimum absolute atomic E-state index is 0.497. The van der Waals surface area contributed by atoms with Crippen LogP contribution in [-0.2, 0) is 0 Å². The molecule has 0 bridgehead atoms. The first-order chi connectivity index (χ1) is 8.04. The Kier molecular flexibility index (Phi) is 5.70. The minimum Gasteiger partial charge on any atom is -0.310 e. The molecule has 0 aliphatic heterocycles. The van der Waals surface area contributed by atoms with Crippen molar-refractivity contribution in [2.45, 2.75) is 47.1 Å². The van der Waals surface area contributed by atoms with Gasteiger partial charge >= 0.3 is 0 Å². The van der Waals surface area contributed by atoms with Crippen LogP contribution in [0.2, 0.25) is 0 Å². The highest BCUT2D eigenvalue weighted by atomic mass is 14.9. The molecule has 0 saturated heterocycles. The van der Waals surface area contributed by atoms with E-state index < -0.39 is 0 Å². The second-order valence-corrected chi connectivity index (χ2v) is 5.50. The maximum Gasteiger partial charge on any atom is 0.0317 e. The third-order valence-corrected chi connectivity index (χ3v) is 3.71. The lowest BCUT2D eigenvalue weighted by molar-refractivity contribution is 0.366. The summed E-state index contributed by atoms with van der Waals surface area (Å²) in [4.78, 5) is 0. The number of hydrogen-bond acceptors (Lipinski definition) is 1. The summed E-state index contributed by atoms with van der Waals surface area (Å²) in [7, 11) is 0. The van der Waals surface area contributed by atoms with Crippen molar-refractivity contribution in [3.8, 4) is 0 Å². The second kappa shape index (κ2) is 6.80. The van der Waals surface area contributed by atoms with Crippen molar-refractivity contribution >= 4 is 0 Å². The molecule has 0 aromatic heterocycles.